The van der Waals surface area contributed by atoms with Gasteiger partial charge in [0.2, 0.25) is 0 Å². The van der Waals surface area contributed by atoms with Crippen LogP contribution in [-0.4, -0.2) is 19.6 Å². The van der Waals surface area contributed by atoms with Gasteiger partial charge in [-0.1, -0.05) is 30.3 Å². The number of carboxylic acids is 1. The Morgan fingerprint density at radius 2 is 1.68 bits per heavy atom. The summed E-state index contributed by atoms with van der Waals surface area (Å²) in [6.45, 7) is 0.865. The summed E-state index contributed by atoms with van der Waals surface area (Å²) < 4.78 is 20.2. The van der Waals surface area contributed by atoms with Gasteiger partial charge in [-0.15, -0.1) is 0 Å². The lowest BCUT2D eigenvalue weighted by molar-refractivity contribution is 0.0697. The fraction of sp³-hybridized carbons (Fsp3) is 0.105. The second-order valence-electron chi connectivity index (χ2n) is 5.44. The summed E-state index contributed by atoms with van der Waals surface area (Å²) in [5.41, 5.74) is 1.20. The average molecular weight is 355 g/mol. The number of hydrogen-bond acceptors (Lipinski definition) is 3. The molecule has 3 rings (SSSR count). The minimum absolute atomic E-state index is 0.168. The predicted molar refractivity (Wildman–Crippen MR) is 94.2 cm³/mol. The van der Waals surface area contributed by atoms with Crippen molar-refractivity contribution in [2.24, 2.45) is 0 Å². The van der Waals surface area contributed by atoms with Crippen molar-refractivity contribution in [3.8, 4) is 0 Å². The van der Waals surface area contributed by atoms with Gasteiger partial charge >= 0.3 is 5.97 Å². The van der Waals surface area contributed by atoms with E-state index >= 15 is 0 Å². The van der Waals surface area contributed by atoms with Crippen LogP contribution in [0.15, 0.2) is 82.3 Å². The number of aromatic carboxylic acids is 1. The zero-order valence-electron chi connectivity index (χ0n) is 13.4. The van der Waals surface area contributed by atoms with Gasteiger partial charge in [-0.05, 0) is 42.0 Å². The van der Waals surface area contributed by atoms with Gasteiger partial charge in [-0.25, -0.2) is 13.3 Å². The normalized spacial score (nSPS) is 12.2. The zero-order chi connectivity index (χ0) is 17.6. The molecule has 25 heavy (non-hydrogen) atoms. The largest absolute Gasteiger partial charge is 0.478 e. The molecule has 1 aromatic heterocycles. The molecule has 1 N–H and O–H groups in total. The maximum Gasteiger partial charge on any atom is 0.335 e. The Morgan fingerprint density at radius 3 is 2.28 bits per heavy atom. The molecule has 6 heteroatoms. The highest BCUT2D eigenvalue weighted by Gasteiger charge is 2.18. The van der Waals surface area contributed by atoms with E-state index in [4.69, 9.17) is 9.52 Å². The van der Waals surface area contributed by atoms with E-state index in [9.17, 15) is 9.00 Å². The molecule has 1 atom stereocenters. The number of carbonyl (C=O) groups is 1. The van der Waals surface area contributed by atoms with Gasteiger partial charge in [-0.2, -0.15) is 0 Å². The number of furan rings is 1. The van der Waals surface area contributed by atoms with Crippen LogP contribution in [0.5, 0.6) is 0 Å². The molecule has 0 amide bonds. The van der Waals surface area contributed by atoms with E-state index in [2.05, 4.69) is 0 Å². The molecule has 0 aliphatic carbocycles. The summed E-state index contributed by atoms with van der Waals surface area (Å²) in [6, 6.07) is 19.5. The second kappa shape index (κ2) is 7.92. The molecule has 1 heterocycles. The maximum atomic E-state index is 13.0. The van der Waals surface area contributed by atoms with Crippen molar-refractivity contribution < 1.29 is 18.5 Å². The number of benzene rings is 2. The van der Waals surface area contributed by atoms with E-state index < -0.39 is 17.0 Å². The fourth-order valence-corrected chi connectivity index (χ4v) is 3.58. The van der Waals surface area contributed by atoms with E-state index in [-0.39, 0.29) is 5.56 Å². The highest BCUT2D eigenvalue weighted by atomic mass is 32.2. The third kappa shape index (κ3) is 4.43. The molecule has 0 saturated heterocycles. The Kier molecular flexibility index (Phi) is 5.42. The monoisotopic (exact) mass is 355 g/mol. The fourth-order valence-electron chi connectivity index (χ4n) is 2.40. The van der Waals surface area contributed by atoms with Gasteiger partial charge in [0, 0.05) is 6.54 Å². The Hall–Kier alpha value is -2.70. The summed E-state index contributed by atoms with van der Waals surface area (Å²) >= 11 is 0. The quantitative estimate of drug-likeness (QED) is 0.701. The van der Waals surface area contributed by atoms with Crippen LogP contribution in [0, 0.1) is 0 Å². The van der Waals surface area contributed by atoms with Crippen LogP contribution in [-0.2, 0) is 24.1 Å². The molecule has 5 nitrogen and oxygen atoms in total. The van der Waals surface area contributed by atoms with Crippen molar-refractivity contribution in [3.05, 3.63) is 89.9 Å². The average Bonchev–Trinajstić information content (AvgIpc) is 3.14. The minimum atomic E-state index is -1.45. The van der Waals surface area contributed by atoms with Gasteiger partial charge < -0.3 is 9.52 Å². The molecule has 0 saturated carbocycles. The molecule has 0 aliphatic rings. The van der Waals surface area contributed by atoms with E-state index in [1.165, 1.54) is 12.1 Å². The second-order valence-corrected chi connectivity index (χ2v) is 6.93. The molecule has 2 aromatic carbocycles. The van der Waals surface area contributed by atoms with E-state index in [0.29, 0.717) is 23.7 Å². The Labute approximate surface area is 148 Å². The molecular formula is C19H17NO4S. The number of rotatable bonds is 7. The lowest BCUT2D eigenvalue weighted by Crippen LogP contribution is -2.25. The van der Waals surface area contributed by atoms with Crippen molar-refractivity contribution in [3.63, 3.8) is 0 Å². The van der Waals surface area contributed by atoms with Gasteiger partial charge in [0.15, 0.2) is 0 Å². The van der Waals surface area contributed by atoms with Crippen LogP contribution in [0.2, 0.25) is 0 Å². The van der Waals surface area contributed by atoms with Gasteiger partial charge in [0.05, 0.1) is 23.3 Å². The Bertz CT molecular complexity index is 845. The number of nitrogens with zero attached hydrogens (tertiary/aromatic N) is 1. The van der Waals surface area contributed by atoms with Crippen molar-refractivity contribution in [1.82, 2.24) is 4.31 Å². The van der Waals surface area contributed by atoms with Gasteiger partial charge in [-0.3, -0.25) is 0 Å². The summed E-state index contributed by atoms with van der Waals surface area (Å²) in [7, 11) is -1.45. The Morgan fingerprint density at radius 1 is 0.960 bits per heavy atom. The van der Waals surface area contributed by atoms with Crippen molar-refractivity contribution in [2.75, 3.05) is 0 Å². The number of hydrogen-bond donors (Lipinski definition) is 1. The number of carboxylic acid groups (broad SMARTS) is 1. The van der Waals surface area contributed by atoms with Crippen LogP contribution in [0.25, 0.3) is 0 Å². The SMILES string of the molecule is O=C(O)c1ccc(S(=O)N(Cc2ccccc2)Cc2ccco2)cc1. The lowest BCUT2D eigenvalue weighted by atomic mass is 10.2. The van der Waals surface area contributed by atoms with Crippen LogP contribution < -0.4 is 0 Å². The molecule has 0 bridgehead atoms. The molecule has 0 fully saturated rings. The summed E-state index contributed by atoms with van der Waals surface area (Å²) in [6.07, 6.45) is 1.58. The summed E-state index contributed by atoms with van der Waals surface area (Å²) in [4.78, 5) is 11.5. The van der Waals surface area contributed by atoms with Crippen LogP contribution in [0.4, 0.5) is 0 Å². The van der Waals surface area contributed by atoms with Gasteiger partial charge in [0.25, 0.3) is 0 Å². The summed E-state index contributed by atoms with van der Waals surface area (Å²) in [5.74, 6) is -0.291. The molecule has 3 aromatic rings. The predicted octanol–water partition coefficient (Wildman–Crippen LogP) is 3.70. The first-order valence-electron chi connectivity index (χ1n) is 7.70. The first kappa shape index (κ1) is 17.1. The van der Waals surface area contributed by atoms with Crippen molar-refractivity contribution in [1.29, 1.82) is 0 Å². The minimum Gasteiger partial charge on any atom is -0.478 e. The van der Waals surface area contributed by atoms with Crippen molar-refractivity contribution in [2.45, 2.75) is 18.0 Å². The van der Waals surface area contributed by atoms with Gasteiger partial charge in [0.1, 0.15) is 16.7 Å². The first-order valence-corrected chi connectivity index (χ1v) is 8.80. The molecule has 1 unspecified atom stereocenters. The lowest BCUT2D eigenvalue weighted by Gasteiger charge is -2.20. The standard InChI is InChI=1S/C19H17NO4S/c21-19(22)16-8-10-18(11-9-16)25(23)20(14-17-7-4-12-24-17)13-15-5-2-1-3-6-15/h1-12H,13-14H2,(H,21,22). The molecule has 0 spiro atoms. The highest BCUT2D eigenvalue weighted by molar-refractivity contribution is 7.82. The molecule has 0 aliphatic heterocycles. The summed E-state index contributed by atoms with van der Waals surface area (Å²) in [5, 5.41) is 8.99. The molecular weight excluding hydrogens is 338 g/mol. The highest BCUT2D eigenvalue weighted by Crippen LogP contribution is 2.18. The van der Waals surface area contributed by atoms with E-state index in [0.717, 1.165) is 5.56 Å². The maximum absolute atomic E-state index is 13.0. The third-order valence-electron chi connectivity index (χ3n) is 3.65. The van der Waals surface area contributed by atoms with Crippen molar-refractivity contribution >= 4 is 17.0 Å². The molecule has 128 valence electrons. The zero-order valence-corrected chi connectivity index (χ0v) is 14.2. The third-order valence-corrected chi connectivity index (χ3v) is 5.05. The van der Waals surface area contributed by atoms with Crippen LogP contribution >= 0.6 is 0 Å². The van der Waals surface area contributed by atoms with E-state index in [1.54, 1.807) is 28.8 Å². The van der Waals surface area contributed by atoms with Crippen LogP contribution in [0.1, 0.15) is 21.7 Å². The topological polar surface area (TPSA) is 70.8 Å². The Balaban J connectivity index is 1.84. The first-order chi connectivity index (χ1) is 12.1. The molecule has 0 radical (unpaired) electrons. The smallest absolute Gasteiger partial charge is 0.335 e. The van der Waals surface area contributed by atoms with Crippen LogP contribution in [0.3, 0.4) is 0 Å². The van der Waals surface area contributed by atoms with E-state index in [1.807, 2.05) is 36.4 Å².